The van der Waals surface area contributed by atoms with E-state index in [9.17, 15) is 14.4 Å². The van der Waals surface area contributed by atoms with Crippen LogP contribution in [0, 0.1) is 17.8 Å². The van der Waals surface area contributed by atoms with Crippen LogP contribution in [0.4, 0.5) is 0 Å². The molecule has 380 valence electrons. The van der Waals surface area contributed by atoms with Crippen LogP contribution in [0.15, 0.2) is 0 Å². The second kappa shape index (κ2) is 49.3. The molecule has 0 aliphatic heterocycles. The van der Waals surface area contributed by atoms with Crippen molar-refractivity contribution < 1.29 is 28.6 Å². The van der Waals surface area contributed by atoms with Crippen LogP contribution in [-0.2, 0) is 28.6 Å². The van der Waals surface area contributed by atoms with Crippen LogP contribution >= 0.6 is 0 Å². The Hall–Kier alpha value is -1.59. The molecule has 0 amide bonds. The number of carbonyl (C=O) groups excluding carboxylic acids is 3. The van der Waals surface area contributed by atoms with E-state index < -0.39 is 6.10 Å². The zero-order chi connectivity index (χ0) is 47.0. The van der Waals surface area contributed by atoms with Crippen LogP contribution in [-0.4, -0.2) is 37.2 Å². The van der Waals surface area contributed by atoms with Crippen molar-refractivity contribution in [3.63, 3.8) is 0 Å². The average molecular weight is 906 g/mol. The summed E-state index contributed by atoms with van der Waals surface area (Å²) in [7, 11) is 0. The molecule has 0 aromatic rings. The summed E-state index contributed by atoms with van der Waals surface area (Å²) in [5.41, 5.74) is 0. The standard InChI is InChI=1S/C58H112O6/c1-7-54(6)46-40-34-28-24-25-30-36-42-48-57(60)63-51-55(64-58(61)49-43-37-31-23-19-18-21-27-33-39-45-53(4)5)50-62-56(59)47-41-35-29-22-17-15-13-11-9-8-10-12-14-16-20-26-32-38-44-52(2)3/h52-55H,7-51H2,1-6H3/t54?,55-/m1/s1. The van der Waals surface area contributed by atoms with E-state index in [2.05, 4.69) is 41.5 Å². The predicted octanol–water partition coefficient (Wildman–Crippen LogP) is 18.7. The Kier molecular flexibility index (Phi) is 48.1. The fourth-order valence-corrected chi connectivity index (χ4v) is 8.79. The van der Waals surface area contributed by atoms with Gasteiger partial charge < -0.3 is 14.2 Å². The molecular formula is C58H112O6. The summed E-state index contributed by atoms with van der Waals surface area (Å²) in [5.74, 6) is 1.68. The summed E-state index contributed by atoms with van der Waals surface area (Å²) < 4.78 is 16.9. The topological polar surface area (TPSA) is 78.9 Å². The van der Waals surface area contributed by atoms with Gasteiger partial charge in [-0.1, -0.05) is 279 Å². The molecule has 0 aliphatic rings. The molecule has 0 saturated carbocycles. The fraction of sp³-hybridized carbons (Fsp3) is 0.948. The average Bonchev–Trinajstić information content (AvgIpc) is 3.27. The first kappa shape index (κ1) is 62.4. The van der Waals surface area contributed by atoms with Gasteiger partial charge in [0.2, 0.25) is 0 Å². The monoisotopic (exact) mass is 905 g/mol. The molecule has 6 heteroatoms. The van der Waals surface area contributed by atoms with Gasteiger partial charge in [-0.05, 0) is 37.0 Å². The molecule has 0 aromatic heterocycles. The lowest BCUT2D eigenvalue weighted by molar-refractivity contribution is -0.167. The number of ether oxygens (including phenoxy) is 3. The van der Waals surface area contributed by atoms with E-state index in [1.54, 1.807) is 0 Å². The molecule has 1 unspecified atom stereocenters. The Bertz CT molecular complexity index is 993. The number of rotatable bonds is 51. The second-order valence-corrected chi connectivity index (χ2v) is 21.1. The van der Waals surface area contributed by atoms with Crippen molar-refractivity contribution >= 4 is 17.9 Å². The number of unbranched alkanes of at least 4 members (excludes halogenated alkanes) is 33. The third-order valence-corrected chi connectivity index (χ3v) is 13.5. The van der Waals surface area contributed by atoms with Gasteiger partial charge in [0.05, 0.1) is 0 Å². The Morgan fingerprint density at radius 1 is 0.312 bits per heavy atom. The minimum Gasteiger partial charge on any atom is -0.462 e. The van der Waals surface area contributed by atoms with Crippen LogP contribution in [0.1, 0.15) is 318 Å². The molecule has 0 bridgehead atoms. The smallest absolute Gasteiger partial charge is 0.306 e. The molecule has 0 aromatic carbocycles. The van der Waals surface area contributed by atoms with Crippen molar-refractivity contribution in [2.24, 2.45) is 17.8 Å². The Morgan fingerprint density at radius 3 is 0.812 bits per heavy atom. The molecule has 0 spiro atoms. The van der Waals surface area contributed by atoms with Crippen molar-refractivity contribution in [2.45, 2.75) is 324 Å². The minimum atomic E-state index is -0.764. The van der Waals surface area contributed by atoms with E-state index in [0.29, 0.717) is 19.3 Å². The Balaban J connectivity index is 4.23. The van der Waals surface area contributed by atoms with Gasteiger partial charge in [-0.15, -0.1) is 0 Å². The molecule has 0 rings (SSSR count). The first-order valence-electron chi connectivity index (χ1n) is 28.6. The maximum absolute atomic E-state index is 12.8. The van der Waals surface area contributed by atoms with Gasteiger partial charge >= 0.3 is 17.9 Å². The van der Waals surface area contributed by atoms with Crippen molar-refractivity contribution in [1.29, 1.82) is 0 Å². The highest BCUT2D eigenvalue weighted by Crippen LogP contribution is 2.19. The molecule has 0 radical (unpaired) electrons. The highest BCUT2D eigenvalue weighted by molar-refractivity contribution is 5.71. The van der Waals surface area contributed by atoms with Crippen molar-refractivity contribution in [3.05, 3.63) is 0 Å². The highest BCUT2D eigenvalue weighted by atomic mass is 16.6. The molecule has 0 N–H and O–H groups in total. The molecule has 0 aliphatic carbocycles. The minimum absolute atomic E-state index is 0.0641. The van der Waals surface area contributed by atoms with Crippen LogP contribution < -0.4 is 0 Å². The summed E-state index contributed by atoms with van der Waals surface area (Å²) in [6, 6.07) is 0. The first-order chi connectivity index (χ1) is 31.1. The predicted molar refractivity (Wildman–Crippen MR) is 275 cm³/mol. The summed E-state index contributed by atoms with van der Waals surface area (Å²) in [4.78, 5) is 38.1. The van der Waals surface area contributed by atoms with E-state index in [1.807, 2.05) is 0 Å². The van der Waals surface area contributed by atoms with E-state index in [0.717, 1.165) is 75.5 Å². The van der Waals surface area contributed by atoms with E-state index in [1.165, 1.54) is 199 Å². The normalized spacial score (nSPS) is 12.6. The van der Waals surface area contributed by atoms with Crippen LogP contribution in [0.2, 0.25) is 0 Å². The molecule has 0 heterocycles. The van der Waals surface area contributed by atoms with Gasteiger partial charge in [0.1, 0.15) is 13.2 Å². The van der Waals surface area contributed by atoms with Gasteiger partial charge in [0.15, 0.2) is 6.10 Å². The lowest BCUT2D eigenvalue weighted by Crippen LogP contribution is -2.30. The van der Waals surface area contributed by atoms with Gasteiger partial charge in [-0.25, -0.2) is 0 Å². The molecule has 2 atom stereocenters. The van der Waals surface area contributed by atoms with Crippen molar-refractivity contribution in [1.82, 2.24) is 0 Å². The number of esters is 3. The van der Waals surface area contributed by atoms with Gasteiger partial charge in [-0.2, -0.15) is 0 Å². The third-order valence-electron chi connectivity index (χ3n) is 13.5. The van der Waals surface area contributed by atoms with E-state index >= 15 is 0 Å². The zero-order valence-corrected chi connectivity index (χ0v) is 44.1. The van der Waals surface area contributed by atoms with Crippen LogP contribution in [0.3, 0.4) is 0 Å². The SMILES string of the molecule is CCC(C)CCCCCCCCCCC(=O)OC[C@@H](COC(=O)CCCCCCCCCCCCCCCCCCCCC(C)C)OC(=O)CCCCCCCCCCCCC(C)C. The summed E-state index contributed by atoms with van der Waals surface area (Å²) in [6.07, 6.45) is 51.0. The van der Waals surface area contributed by atoms with Crippen LogP contribution in [0.5, 0.6) is 0 Å². The molecule has 0 fully saturated rings. The maximum Gasteiger partial charge on any atom is 0.306 e. The first-order valence-corrected chi connectivity index (χ1v) is 28.6. The molecule has 6 nitrogen and oxygen atoms in total. The van der Waals surface area contributed by atoms with Gasteiger partial charge in [0, 0.05) is 19.3 Å². The fourth-order valence-electron chi connectivity index (χ4n) is 8.79. The summed E-state index contributed by atoms with van der Waals surface area (Å²) in [6.45, 7) is 13.8. The van der Waals surface area contributed by atoms with Crippen LogP contribution in [0.25, 0.3) is 0 Å². The lowest BCUT2D eigenvalue weighted by Gasteiger charge is -2.18. The summed E-state index contributed by atoms with van der Waals surface area (Å²) >= 11 is 0. The number of carbonyl (C=O) groups is 3. The molecular weight excluding hydrogens is 793 g/mol. The lowest BCUT2D eigenvalue weighted by atomic mass is 9.99. The number of hydrogen-bond donors (Lipinski definition) is 0. The van der Waals surface area contributed by atoms with E-state index in [4.69, 9.17) is 14.2 Å². The van der Waals surface area contributed by atoms with Gasteiger partial charge in [-0.3, -0.25) is 14.4 Å². The van der Waals surface area contributed by atoms with Crippen molar-refractivity contribution in [2.75, 3.05) is 13.2 Å². The Labute approximate surface area is 399 Å². The highest BCUT2D eigenvalue weighted by Gasteiger charge is 2.19. The largest absolute Gasteiger partial charge is 0.462 e. The van der Waals surface area contributed by atoms with E-state index in [-0.39, 0.29) is 31.1 Å². The molecule has 64 heavy (non-hydrogen) atoms. The maximum atomic E-state index is 12.8. The van der Waals surface area contributed by atoms with Gasteiger partial charge in [0.25, 0.3) is 0 Å². The zero-order valence-electron chi connectivity index (χ0n) is 44.1. The summed E-state index contributed by atoms with van der Waals surface area (Å²) in [5, 5.41) is 0. The third kappa shape index (κ3) is 49.8. The second-order valence-electron chi connectivity index (χ2n) is 21.1. The number of hydrogen-bond acceptors (Lipinski definition) is 6. The van der Waals surface area contributed by atoms with Crippen molar-refractivity contribution in [3.8, 4) is 0 Å². The quantitative estimate of drug-likeness (QED) is 0.0344. The Morgan fingerprint density at radius 2 is 0.547 bits per heavy atom. The molecule has 0 saturated heterocycles.